The van der Waals surface area contributed by atoms with Gasteiger partial charge in [-0.2, -0.15) is 13.2 Å². The second-order valence-electron chi connectivity index (χ2n) is 3.15. The van der Waals surface area contributed by atoms with Crippen molar-refractivity contribution in [2.75, 3.05) is 13.1 Å². The van der Waals surface area contributed by atoms with Gasteiger partial charge in [0.15, 0.2) is 0 Å². The second kappa shape index (κ2) is 4.61. The van der Waals surface area contributed by atoms with Gasteiger partial charge in [0.1, 0.15) is 5.72 Å². The molecule has 0 radical (unpaired) electrons. The summed E-state index contributed by atoms with van der Waals surface area (Å²) in [7, 11) is 0. The Kier molecular flexibility index (Phi) is 4.34. The third-order valence-corrected chi connectivity index (χ3v) is 1.35. The molecule has 0 bridgehead atoms. The molecule has 0 rings (SSSR count). The number of hydrogen-bond donors (Lipinski definition) is 3. The van der Waals surface area contributed by atoms with E-state index in [2.05, 4.69) is 5.32 Å². The van der Waals surface area contributed by atoms with Crippen LogP contribution in [-0.2, 0) is 4.79 Å². The molecule has 4 nitrogen and oxygen atoms in total. The largest absolute Gasteiger partial charge is 0.401 e. The summed E-state index contributed by atoms with van der Waals surface area (Å²) in [4.78, 5) is 10.4. The average molecular weight is 214 g/mol. The molecule has 1 atom stereocenters. The Morgan fingerprint density at radius 1 is 1.36 bits per heavy atom. The van der Waals surface area contributed by atoms with E-state index in [1.807, 2.05) is 5.32 Å². The lowest BCUT2D eigenvalue weighted by Crippen LogP contribution is -2.53. The van der Waals surface area contributed by atoms with Gasteiger partial charge in [0, 0.05) is 6.92 Å². The Hall–Kier alpha value is -0.820. The molecule has 1 unspecified atom stereocenters. The first-order valence-electron chi connectivity index (χ1n) is 3.91. The van der Waals surface area contributed by atoms with Crippen LogP contribution in [0.4, 0.5) is 13.2 Å². The molecular formula is C7H13F3N2O2. The fourth-order valence-electron chi connectivity index (χ4n) is 0.650. The van der Waals surface area contributed by atoms with Crippen LogP contribution in [0.5, 0.6) is 0 Å². The Morgan fingerprint density at radius 3 is 2.21 bits per heavy atom. The minimum Gasteiger partial charge on any atom is -0.374 e. The van der Waals surface area contributed by atoms with Crippen LogP contribution in [0.15, 0.2) is 0 Å². The van der Waals surface area contributed by atoms with Gasteiger partial charge in [-0.3, -0.25) is 10.1 Å². The Balaban J connectivity index is 3.89. The molecule has 7 heteroatoms. The van der Waals surface area contributed by atoms with Crippen LogP contribution in [0.1, 0.15) is 13.8 Å². The number of carbonyl (C=O) groups excluding carboxylic acids is 1. The predicted molar refractivity (Wildman–Crippen MR) is 43.4 cm³/mol. The first-order chi connectivity index (χ1) is 6.12. The van der Waals surface area contributed by atoms with E-state index in [4.69, 9.17) is 0 Å². The maximum absolute atomic E-state index is 11.7. The third-order valence-electron chi connectivity index (χ3n) is 1.35. The van der Waals surface area contributed by atoms with E-state index >= 15 is 0 Å². The maximum Gasteiger partial charge on any atom is 0.401 e. The number of rotatable bonds is 4. The Morgan fingerprint density at radius 2 is 1.86 bits per heavy atom. The summed E-state index contributed by atoms with van der Waals surface area (Å²) in [5, 5.41) is 13.4. The zero-order chi connectivity index (χ0) is 11.4. The number of aliphatic hydroxyl groups is 1. The first-order valence-corrected chi connectivity index (χ1v) is 3.91. The van der Waals surface area contributed by atoms with Crippen molar-refractivity contribution in [2.45, 2.75) is 25.7 Å². The zero-order valence-corrected chi connectivity index (χ0v) is 7.90. The minimum atomic E-state index is -4.39. The van der Waals surface area contributed by atoms with Crippen LogP contribution in [0, 0.1) is 0 Å². The summed E-state index contributed by atoms with van der Waals surface area (Å²) < 4.78 is 35.2. The van der Waals surface area contributed by atoms with Crippen molar-refractivity contribution >= 4 is 5.91 Å². The molecule has 0 aliphatic carbocycles. The summed E-state index contributed by atoms with van der Waals surface area (Å²) in [5.74, 6) is -0.418. The van der Waals surface area contributed by atoms with E-state index in [1.165, 1.54) is 6.92 Å². The highest BCUT2D eigenvalue weighted by Gasteiger charge is 2.31. The smallest absolute Gasteiger partial charge is 0.374 e. The standard InChI is InChI=1S/C7H13F3N2O2/c1-5(13)11-3-6(2,14)12-4-7(8,9)10/h12,14H,3-4H2,1-2H3,(H,11,13). The van der Waals surface area contributed by atoms with Gasteiger partial charge in [0.05, 0.1) is 13.1 Å². The lowest BCUT2D eigenvalue weighted by atomic mass is 10.2. The van der Waals surface area contributed by atoms with E-state index in [1.54, 1.807) is 0 Å². The van der Waals surface area contributed by atoms with Crippen LogP contribution in [0.3, 0.4) is 0 Å². The van der Waals surface area contributed by atoms with E-state index in [0.717, 1.165) is 6.92 Å². The fraction of sp³-hybridized carbons (Fsp3) is 0.857. The summed E-state index contributed by atoms with van der Waals surface area (Å²) in [6.45, 7) is 0.770. The number of halogens is 3. The van der Waals surface area contributed by atoms with Crippen molar-refractivity contribution in [3.8, 4) is 0 Å². The van der Waals surface area contributed by atoms with Crippen molar-refractivity contribution in [1.82, 2.24) is 10.6 Å². The quantitative estimate of drug-likeness (QED) is 0.576. The first kappa shape index (κ1) is 13.2. The molecule has 14 heavy (non-hydrogen) atoms. The SMILES string of the molecule is CC(=O)NCC(C)(O)NCC(F)(F)F. The number of nitrogens with one attached hydrogen (secondary N) is 2. The van der Waals surface area contributed by atoms with Gasteiger partial charge in [-0.05, 0) is 6.92 Å². The number of amides is 1. The van der Waals surface area contributed by atoms with Crippen LogP contribution in [-0.4, -0.2) is 36.0 Å². The molecule has 0 aromatic rings. The van der Waals surface area contributed by atoms with Gasteiger partial charge >= 0.3 is 6.18 Å². The van der Waals surface area contributed by atoms with E-state index in [-0.39, 0.29) is 6.54 Å². The molecule has 0 aromatic carbocycles. The van der Waals surface area contributed by atoms with Crippen molar-refractivity contribution in [3.63, 3.8) is 0 Å². The molecule has 0 aliphatic heterocycles. The van der Waals surface area contributed by atoms with Gasteiger partial charge in [-0.1, -0.05) is 0 Å². The number of carbonyl (C=O) groups is 1. The van der Waals surface area contributed by atoms with Gasteiger partial charge in [-0.15, -0.1) is 0 Å². The number of alkyl halides is 3. The fourth-order valence-corrected chi connectivity index (χ4v) is 0.650. The molecule has 84 valence electrons. The summed E-state index contributed by atoms with van der Waals surface area (Å²) in [5.41, 5.74) is -1.76. The van der Waals surface area contributed by atoms with Crippen molar-refractivity contribution in [1.29, 1.82) is 0 Å². The monoisotopic (exact) mass is 214 g/mol. The molecule has 0 aromatic heterocycles. The van der Waals surface area contributed by atoms with E-state index < -0.39 is 24.4 Å². The lowest BCUT2D eigenvalue weighted by molar-refractivity contribution is -0.139. The maximum atomic E-state index is 11.7. The summed E-state index contributed by atoms with van der Waals surface area (Å²) in [6, 6.07) is 0. The predicted octanol–water partition coefficient (Wildman–Crippen LogP) is -0.0171. The van der Waals surface area contributed by atoms with Crippen molar-refractivity contribution < 1.29 is 23.1 Å². The molecule has 0 saturated carbocycles. The average Bonchev–Trinajstić information content (AvgIpc) is 1.97. The van der Waals surface area contributed by atoms with Crippen LogP contribution >= 0.6 is 0 Å². The molecule has 0 heterocycles. The molecule has 1 amide bonds. The van der Waals surface area contributed by atoms with E-state index in [9.17, 15) is 23.1 Å². The van der Waals surface area contributed by atoms with Crippen LogP contribution < -0.4 is 10.6 Å². The molecule has 0 aliphatic rings. The number of hydrogen-bond acceptors (Lipinski definition) is 3. The van der Waals surface area contributed by atoms with Crippen LogP contribution in [0.2, 0.25) is 0 Å². The lowest BCUT2D eigenvalue weighted by Gasteiger charge is -2.25. The van der Waals surface area contributed by atoms with Crippen LogP contribution in [0.25, 0.3) is 0 Å². The van der Waals surface area contributed by atoms with Gasteiger partial charge in [-0.25, -0.2) is 0 Å². The highest BCUT2D eigenvalue weighted by atomic mass is 19.4. The normalized spacial score (nSPS) is 16.1. The van der Waals surface area contributed by atoms with Gasteiger partial charge < -0.3 is 10.4 Å². The van der Waals surface area contributed by atoms with Crippen molar-refractivity contribution in [3.05, 3.63) is 0 Å². The highest BCUT2D eigenvalue weighted by molar-refractivity contribution is 5.72. The van der Waals surface area contributed by atoms with Crippen molar-refractivity contribution in [2.24, 2.45) is 0 Å². The molecule has 3 N–H and O–H groups in total. The molecular weight excluding hydrogens is 201 g/mol. The third kappa shape index (κ3) is 7.81. The molecule has 0 saturated heterocycles. The Labute approximate surface area is 79.5 Å². The molecule has 0 fully saturated rings. The van der Waals surface area contributed by atoms with Gasteiger partial charge in [0.25, 0.3) is 0 Å². The summed E-state index contributed by atoms with van der Waals surface area (Å²) >= 11 is 0. The highest BCUT2D eigenvalue weighted by Crippen LogP contribution is 2.13. The van der Waals surface area contributed by atoms with Gasteiger partial charge in [0.2, 0.25) is 5.91 Å². The molecule has 0 spiro atoms. The Bertz CT molecular complexity index is 204. The minimum absolute atomic E-state index is 0.279. The van der Waals surface area contributed by atoms with E-state index in [0.29, 0.717) is 0 Å². The summed E-state index contributed by atoms with van der Waals surface area (Å²) in [6.07, 6.45) is -4.39. The second-order valence-corrected chi connectivity index (χ2v) is 3.15. The zero-order valence-electron chi connectivity index (χ0n) is 7.90. The topological polar surface area (TPSA) is 61.4 Å².